The van der Waals surface area contributed by atoms with E-state index in [1.165, 1.54) is 24.1 Å². The van der Waals surface area contributed by atoms with E-state index in [0.717, 1.165) is 32.0 Å². The molecule has 0 bridgehead atoms. The van der Waals surface area contributed by atoms with E-state index >= 15 is 0 Å². The molecule has 0 amide bonds. The minimum absolute atomic E-state index is 0.254. The summed E-state index contributed by atoms with van der Waals surface area (Å²) in [6.45, 7) is 4.17. The van der Waals surface area contributed by atoms with Crippen molar-refractivity contribution < 1.29 is 4.74 Å². The number of ether oxygens (including phenoxy) is 1. The molecule has 3 heteroatoms. The Bertz CT molecular complexity index is 409. The minimum atomic E-state index is 0.254. The van der Waals surface area contributed by atoms with Crippen LogP contribution in [0.15, 0.2) is 24.3 Å². The van der Waals surface area contributed by atoms with Crippen LogP contribution in [0.4, 0.5) is 0 Å². The molecule has 2 unspecified atom stereocenters. The maximum Gasteiger partial charge on any atom is 0.0954 e. The molecule has 1 fully saturated rings. The summed E-state index contributed by atoms with van der Waals surface area (Å²) in [5, 5.41) is 0. The van der Waals surface area contributed by atoms with Crippen LogP contribution in [0.5, 0.6) is 0 Å². The molecule has 98 valence electrons. The first-order valence-electron chi connectivity index (χ1n) is 6.84. The molecule has 0 aromatic heterocycles. The van der Waals surface area contributed by atoms with Crippen LogP contribution < -0.4 is 0 Å². The first-order chi connectivity index (χ1) is 8.86. The second-order valence-electron chi connectivity index (χ2n) is 5.38. The molecule has 2 atom stereocenters. The molecule has 3 rings (SSSR count). The lowest BCUT2D eigenvalue weighted by Gasteiger charge is -2.29. The number of hydrogen-bond donors (Lipinski definition) is 0. The number of rotatable bonds is 3. The molecule has 2 nitrogen and oxygen atoms in total. The Balaban J connectivity index is 1.67. The summed E-state index contributed by atoms with van der Waals surface area (Å²) in [5.41, 5.74) is 2.85. The van der Waals surface area contributed by atoms with Crippen molar-refractivity contribution >= 4 is 11.6 Å². The van der Waals surface area contributed by atoms with Gasteiger partial charge in [-0.2, -0.15) is 0 Å². The van der Waals surface area contributed by atoms with Crippen LogP contribution in [0.1, 0.15) is 23.7 Å². The average Bonchev–Trinajstić information content (AvgIpc) is 2.87. The minimum Gasteiger partial charge on any atom is -0.372 e. The molecule has 1 aromatic carbocycles. The van der Waals surface area contributed by atoms with Crippen LogP contribution in [0.25, 0.3) is 0 Å². The Morgan fingerprint density at radius 1 is 1.33 bits per heavy atom. The summed E-state index contributed by atoms with van der Waals surface area (Å²) < 4.78 is 5.96. The first-order valence-corrected chi connectivity index (χ1v) is 7.38. The smallest absolute Gasteiger partial charge is 0.0954 e. The van der Waals surface area contributed by atoms with E-state index in [2.05, 4.69) is 29.2 Å². The second-order valence-corrected chi connectivity index (χ2v) is 5.69. The van der Waals surface area contributed by atoms with E-state index < -0.39 is 0 Å². The maximum absolute atomic E-state index is 5.96. The normalized spacial score (nSPS) is 28.3. The summed E-state index contributed by atoms with van der Waals surface area (Å²) in [6.07, 6.45) is 2.54. The van der Waals surface area contributed by atoms with Crippen LogP contribution in [-0.2, 0) is 11.2 Å². The lowest BCUT2D eigenvalue weighted by Crippen LogP contribution is -2.30. The van der Waals surface area contributed by atoms with Gasteiger partial charge in [0, 0.05) is 19.0 Å². The highest BCUT2D eigenvalue weighted by Crippen LogP contribution is 2.29. The quantitative estimate of drug-likeness (QED) is 0.780. The molecule has 2 aliphatic heterocycles. The Labute approximate surface area is 114 Å². The molecule has 0 saturated carbocycles. The third-order valence-corrected chi connectivity index (χ3v) is 4.54. The van der Waals surface area contributed by atoms with Crippen LogP contribution in [-0.4, -0.2) is 37.0 Å². The van der Waals surface area contributed by atoms with Gasteiger partial charge >= 0.3 is 0 Å². The second kappa shape index (κ2) is 5.60. The predicted octanol–water partition coefficient (Wildman–Crippen LogP) is 2.86. The number of halogens is 1. The molecule has 0 N–H and O–H groups in total. The summed E-state index contributed by atoms with van der Waals surface area (Å²) >= 11 is 5.94. The molecule has 1 aromatic rings. The van der Waals surface area contributed by atoms with Crippen molar-refractivity contribution in [3.8, 4) is 0 Å². The molecular weight excluding hydrogens is 246 g/mol. The van der Waals surface area contributed by atoms with Gasteiger partial charge in [0.25, 0.3) is 0 Å². The van der Waals surface area contributed by atoms with Gasteiger partial charge in [0.2, 0.25) is 0 Å². The zero-order valence-electron chi connectivity index (χ0n) is 10.6. The molecule has 0 spiro atoms. The van der Waals surface area contributed by atoms with Crippen LogP contribution >= 0.6 is 11.6 Å². The fraction of sp³-hybridized carbons (Fsp3) is 0.600. The zero-order valence-corrected chi connectivity index (χ0v) is 11.4. The van der Waals surface area contributed by atoms with Crippen molar-refractivity contribution in [2.75, 3.05) is 32.1 Å². The van der Waals surface area contributed by atoms with Crippen molar-refractivity contribution in [3.63, 3.8) is 0 Å². The SMILES string of the molecule is ClCC1CCN(CC2OCCc3ccccc32)C1. The predicted molar refractivity (Wildman–Crippen MR) is 74.1 cm³/mol. The largest absolute Gasteiger partial charge is 0.372 e. The van der Waals surface area contributed by atoms with E-state index in [0.29, 0.717) is 5.92 Å². The Kier molecular flexibility index (Phi) is 3.88. The Morgan fingerprint density at radius 2 is 2.22 bits per heavy atom. The molecule has 0 aliphatic carbocycles. The highest BCUT2D eigenvalue weighted by Gasteiger charge is 2.27. The van der Waals surface area contributed by atoms with Gasteiger partial charge < -0.3 is 9.64 Å². The molecule has 2 heterocycles. The van der Waals surface area contributed by atoms with Gasteiger partial charge in [0.1, 0.15) is 0 Å². The molecule has 0 radical (unpaired) electrons. The molecule has 18 heavy (non-hydrogen) atoms. The highest BCUT2D eigenvalue weighted by atomic mass is 35.5. The van der Waals surface area contributed by atoms with Crippen molar-refractivity contribution in [2.45, 2.75) is 18.9 Å². The summed E-state index contributed by atoms with van der Waals surface area (Å²) in [4.78, 5) is 2.50. The summed E-state index contributed by atoms with van der Waals surface area (Å²) in [5.74, 6) is 1.46. The fourth-order valence-electron chi connectivity index (χ4n) is 3.07. The van der Waals surface area contributed by atoms with E-state index in [1.807, 2.05) is 0 Å². The van der Waals surface area contributed by atoms with Crippen molar-refractivity contribution in [1.29, 1.82) is 0 Å². The van der Waals surface area contributed by atoms with E-state index in [1.54, 1.807) is 0 Å². The number of benzene rings is 1. The van der Waals surface area contributed by atoms with Gasteiger partial charge in [-0.05, 0) is 36.4 Å². The Morgan fingerprint density at radius 3 is 3.06 bits per heavy atom. The van der Waals surface area contributed by atoms with Crippen LogP contribution in [0, 0.1) is 5.92 Å². The lowest BCUT2D eigenvalue weighted by molar-refractivity contribution is 0.0201. The van der Waals surface area contributed by atoms with Gasteiger partial charge in [-0.25, -0.2) is 0 Å². The zero-order chi connectivity index (χ0) is 12.4. The standard InChI is InChI=1S/C15H20ClNO/c16-9-12-5-7-17(10-12)11-15-14-4-2-1-3-13(14)6-8-18-15/h1-4,12,15H,5-11H2. The number of nitrogens with zero attached hydrogens (tertiary/aromatic N) is 1. The average molecular weight is 266 g/mol. The Hall–Kier alpha value is -0.570. The topological polar surface area (TPSA) is 12.5 Å². The van der Waals surface area contributed by atoms with Crippen molar-refractivity contribution in [1.82, 2.24) is 4.90 Å². The number of alkyl halides is 1. The van der Waals surface area contributed by atoms with Gasteiger partial charge in [-0.15, -0.1) is 11.6 Å². The number of likely N-dealkylation sites (tertiary alicyclic amines) is 1. The monoisotopic (exact) mass is 265 g/mol. The van der Waals surface area contributed by atoms with Gasteiger partial charge in [0.15, 0.2) is 0 Å². The summed E-state index contributed by atoms with van der Waals surface area (Å²) in [7, 11) is 0. The molecule has 2 aliphatic rings. The van der Waals surface area contributed by atoms with Crippen molar-refractivity contribution in [2.24, 2.45) is 5.92 Å². The third kappa shape index (κ3) is 2.56. The van der Waals surface area contributed by atoms with Gasteiger partial charge in [-0.1, -0.05) is 24.3 Å². The molecule has 1 saturated heterocycles. The fourth-order valence-corrected chi connectivity index (χ4v) is 3.32. The summed E-state index contributed by atoms with van der Waals surface area (Å²) in [6, 6.07) is 8.69. The molecular formula is C15H20ClNO. The van der Waals surface area contributed by atoms with Gasteiger partial charge in [0.05, 0.1) is 12.7 Å². The van der Waals surface area contributed by atoms with E-state index in [4.69, 9.17) is 16.3 Å². The lowest BCUT2D eigenvalue weighted by atomic mass is 9.97. The van der Waals surface area contributed by atoms with Crippen LogP contribution in [0.3, 0.4) is 0 Å². The maximum atomic E-state index is 5.96. The van der Waals surface area contributed by atoms with E-state index in [-0.39, 0.29) is 6.10 Å². The third-order valence-electron chi connectivity index (χ3n) is 4.10. The number of fused-ring (bicyclic) bond motifs is 1. The van der Waals surface area contributed by atoms with Gasteiger partial charge in [-0.3, -0.25) is 0 Å². The van der Waals surface area contributed by atoms with Crippen molar-refractivity contribution in [3.05, 3.63) is 35.4 Å². The first kappa shape index (κ1) is 12.5. The van der Waals surface area contributed by atoms with Crippen LogP contribution in [0.2, 0.25) is 0 Å². The highest BCUT2D eigenvalue weighted by molar-refractivity contribution is 6.18. The van der Waals surface area contributed by atoms with E-state index in [9.17, 15) is 0 Å². The number of hydrogen-bond acceptors (Lipinski definition) is 2.